The summed E-state index contributed by atoms with van der Waals surface area (Å²) in [6.45, 7) is 2.44. The van der Waals surface area contributed by atoms with Crippen LogP contribution in [-0.4, -0.2) is 28.2 Å². The minimum atomic E-state index is 0.250. The van der Waals surface area contributed by atoms with Crippen LogP contribution in [0.5, 0.6) is 0 Å². The number of hydrogen-bond donors (Lipinski definition) is 1. The molecule has 0 spiro atoms. The smallest absolute Gasteiger partial charge is 0.152 e. The fraction of sp³-hybridized carbons (Fsp3) is 0.692. The number of rotatable bonds is 5. The molecule has 94 valence electrons. The molecule has 4 heteroatoms. The van der Waals surface area contributed by atoms with Gasteiger partial charge in [-0.25, -0.2) is 0 Å². The zero-order valence-electron chi connectivity index (χ0n) is 10.7. The number of Topliss-reactive ketones (excluding diaryl/α,β-unsaturated/α-hetero) is 1. The molecule has 17 heavy (non-hydrogen) atoms. The molecule has 0 radical (unpaired) electrons. The zero-order valence-corrected chi connectivity index (χ0v) is 10.7. The van der Waals surface area contributed by atoms with Gasteiger partial charge >= 0.3 is 0 Å². The highest BCUT2D eigenvalue weighted by Gasteiger charge is 2.16. The molecule has 0 aromatic carbocycles. The first-order chi connectivity index (χ1) is 8.15. The number of nitrogens with one attached hydrogen (secondary N) is 1. The van der Waals surface area contributed by atoms with Crippen LogP contribution in [0.1, 0.15) is 37.1 Å². The van der Waals surface area contributed by atoms with E-state index in [0.717, 1.165) is 11.4 Å². The summed E-state index contributed by atoms with van der Waals surface area (Å²) in [7, 11) is 1.89. The van der Waals surface area contributed by atoms with Gasteiger partial charge in [-0.2, -0.15) is 5.10 Å². The van der Waals surface area contributed by atoms with Crippen molar-refractivity contribution in [3.05, 3.63) is 17.5 Å². The molecule has 1 heterocycles. The molecule has 0 saturated heterocycles. The van der Waals surface area contributed by atoms with Crippen LogP contribution in [0.3, 0.4) is 0 Å². The van der Waals surface area contributed by atoms with Crippen LogP contribution in [0.15, 0.2) is 6.07 Å². The van der Waals surface area contributed by atoms with Gasteiger partial charge in [0.25, 0.3) is 0 Å². The van der Waals surface area contributed by atoms with Gasteiger partial charge in [0.1, 0.15) is 0 Å². The van der Waals surface area contributed by atoms with Crippen molar-refractivity contribution in [1.82, 2.24) is 15.1 Å². The molecule has 4 nitrogen and oxygen atoms in total. The summed E-state index contributed by atoms with van der Waals surface area (Å²) in [6, 6.07) is 2.54. The highest BCUT2D eigenvalue weighted by atomic mass is 16.1. The van der Waals surface area contributed by atoms with Crippen molar-refractivity contribution < 1.29 is 4.79 Å². The molecular formula is C13H21N3O. The third-order valence-electron chi connectivity index (χ3n) is 3.42. The summed E-state index contributed by atoms with van der Waals surface area (Å²) >= 11 is 0. The predicted molar refractivity (Wildman–Crippen MR) is 66.9 cm³/mol. The number of carbonyl (C=O) groups excluding carboxylic acids is 1. The van der Waals surface area contributed by atoms with Crippen LogP contribution in [0.25, 0.3) is 0 Å². The normalized spacial score (nSPS) is 16.6. The summed E-state index contributed by atoms with van der Waals surface area (Å²) in [5.41, 5.74) is 1.97. The van der Waals surface area contributed by atoms with E-state index in [1.165, 1.54) is 25.7 Å². The lowest BCUT2D eigenvalue weighted by Crippen LogP contribution is -2.32. The SMILES string of the molecule is Cc1cc(CC(=O)CNC2CCCC2)n(C)n1. The Morgan fingerprint density at radius 3 is 2.82 bits per heavy atom. The average molecular weight is 235 g/mol. The Morgan fingerprint density at radius 1 is 1.53 bits per heavy atom. The predicted octanol–water partition coefficient (Wildman–Crippen LogP) is 1.37. The number of hydrogen-bond acceptors (Lipinski definition) is 3. The highest BCUT2D eigenvalue weighted by molar-refractivity contribution is 5.82. The van der Waals surface area contributed by atoms with Gasteiger partial charge in [0.15, 0.2) is 5.78 Å². The van der Waals surface area contributed by atoms with Gasteiger partial charge < -0.3 is 5.32 Å². The monoisotopic (exact) mass is 235 g/mol. The lowest BCUT2D eigenvalue weighted by atomic mass is 10.2. The Kier molecular flexibility index (Phi) is 3.94. The van der Waals surface area contributed by atoms with Crippen LogP contribution < -0.4 is 5.32 Å². The van der Waals surface area contributed by atoms with Gasteiger partial charge in [-0.15, -0.1) is 0 Å². The van der Waals surface area contributed by atoms with Crippen molar-refractivity contribution in [1.29, 1.82) is 0 Å². The van der Waals surface area contributed by atoms with Gasteiger partial charge in [-0.05, 0) is 25.8 Å². The first-order valence-electron chi connectivity index (χ1n) is 6.40. The Labute approximate surface area is 102 Å². The van der Waals surface area contributed by atoms with E-state index >= 15 is 0 Å². The second-order valence-corrected chi connectivity index (χ2v) is 4.98. The molecule has 0 bridgehead atoms. The zero-order chi connectivity index (χ0) is 12.3. The molecule has 1 aromatic rings. The lowest BCUT2D eigenvalue weighted by molar-refractivity contribution is -0.117. The van der Waals surface area contributed by atoms with E-state index in [0.29, 0.717) is 19.0 Å². The number of ketones is 1. The molecule has 2 rings (SSSR count). The van der Waals surface area contributed by atoms with E-state index in [1.807, 2.05) is 20.0 Å². The third-order valence-corrected chi connectivity index (χ3v) is 3.42. The third kappa shape index (κ3) is 3.40. The molecule has 0 atom stereocenters. The quantitative estimate of drug-likeness (QED) is 0.838. The maximum atomic E-state index is 11.8. The minimum absolute atomic E-state index is 0.250. The van der Waals surface area contributed by atoms with Crippen molar-refractivity contribution in [3.63, 3.8) is 0 Å². The fourth-order valence-corrected chi connectivity index (χ4v) is 2.48. The first kappa shape index (κ1) is 12.3. The molecule has 1 saturated carbocycles. The number of aromatic nitrogens is 2. The summed E-state index contributed by atoms with van der Waals surface area (Å²) in [5.74, 6) is 0.250. The number of carbonyl (C=O) groups is 1. The second kappa shape index (κ2) is 5.45. The van der Waals surface area contributed by atoms with Crippen LogP contribution >= 0.6 is 0 Å². The molecule has 1 fully saturated rings. The molecule has 0 unspecified atom stereocenters. The Bertz CT molecular complexity index is 391. The largest absolute Gasteiger partial charge is 0.307 e. The molecule has 0 aliphatic heterocycles. The molecule has 1 aliphatic carbocycles. The topological polar surface area (TPSA) is 46.9 Å². The van der Waals surface area contributed by atoms with Crippen molar-refractivity contribution in [2.45, 2.75) is 45.1 Å². The van der Waals surface area contributed by atoms with E-state index in [1.54, 1.807) is 4.68 Å². The van der Waals surface area contributed by atoms with Gasteiger partial charge in [0, 0.05) is 25.2 Å². The Morgan fingerprint density at radius 2 is 2.24 bits per heavy atom. The standard InChI is InChI=1S/C13H21N3O/c1-10-7-12(16(2)15-10)8-13(17)9-14-11-5-3-4-6-11/h7,11,14H,3-6,8-9H2,1-2H3. The molecule has 1 aromatic heterocycles. The summed E-state index contributed by atoms with van der Waals surface area (Å²) < 4.78 is 1.79. The van der Waals surface area contributed by atoms with Gasteiger partial charge in [-0.1, -0.05) is 12.8 Å². The van der Waals surface area contributed by atoms with Crippen LogP contribution in [0.4, 0.5) is 0 Å². The van der Waals surface area contributed by atoms with Crippen molar-refractivity contribution >= 4 is 5.78 Å². The summed E-state index contributed by atoms with van der Waals surface area (Å²) in [4.78, 5) is 11.8. The van der Waals surface area contributed by atoms with E-state index < -0.39 is 0 Å². The minimum Gasteiger partial charge on any atom is -0.307 e. The van der Waals surface area contributed by atoms with Gasteiger partial charge in [-0.3, -0.25) is 9.48 Å². The van der Waals surface area contributed by atoms with E-state index in [2.05, 4.69) is 10.4 Å². The van der Waals surface area contributed by atoms with E-state index in [9.17, 15) is 4.79 Å². The van der Waals surface area contributed by atoms with Crippen LogP contribution in [0.2, 0.25) is 0 Å². The number of aryl methyl sites for hydroxylation is 2. The Hall–Kier alpha value is -1.16. The van der Waals surface area contributed by atoms with Crippen molar-refractivity contribution in [2.75, 3.05) is 6.54 Å². The Balaban J connectivity index is 1.78. The lowest BCUT2D eigenvalue weighted by Gasteiger charge is -2.10. The highest BCUT2D eigenvalue weighted by Crippen LogP contribution is 2.17. The van der Waals surface area contributed by atoms with Crippen molar-refractivity contribution in [3.8, 4) is 0 Å². The fourth-order valence-electron chi connectivity index (χ4n) is 2.48. The molecule has 1 N–H and O–H groups in total. The molecular weight excluding hydrogens is 214 g/mol. The van der Waals surface area contributed by atoms with E-state index in [-0.39, 0.29) is 5.78 Å². The summed E-state index contributed by atoms with van der Waals surface area (Å²) in [5, 5.41) is 7.59. The second-order valence-electron chi connectivity index (χ2n) is 4.98. The molecule has 0 amide bonds. The van der Waals surface area contributed by atoms with Crippen molar-refractivity contribution in [2.24, 2.45) is 7.05 Å². The van der Waals surface area contributed by atoms with Gasteiger partial charge in [0.2, 0.25) is 0 Å². The maximum absolute atomic E-state index is 11.8. The van der Waals surface area contributed by atoms with Crippen LogP contribution in [0, 0.1) is 6.92 Å². The maximum Gasteiger partial charge on any atom is 0.152 e. The van der Waals surface area contributed by atoms with E-state index in [4.69, 9.17) is 0 Å². The molecule has 1 aliphatic rings. The van der Waals surface area contributed by atoms with Crippen LogP contribution in [-0.2, 0) is 18.3 Å². The van der Waals surface area contributed by atoms with Gasteiger partial charge in [0.05, 0.1) is 12.2 Å². The first-order valence-corrected chi connectivity index (χ1v) is 6.40. The number of nitrogens with zero attached hydrogens (tertiary/aromatic N) is 2. The average Bonchev–Trinajstić information content (AvgIpc) is 2.87. The summed E-state index contributed by atoms with van der Waals surface area (Å²) in [6.07, 6.45) is 5.52.